The first-order valence-corrected chi connectivity index (χ1v) is 4.83. The SMILES string of the molecule is Fc1[c]ccc(Oc2ccc(C(F)(F)F)cn2)c1. The molecule has 0 aliphatic rings. The van der Waals surface area contributed by atoms with Gasteiger partial charge in [0.1, 0.15) is 11.6 Å². The van der Waals surface area contributed by atoms with Gasteiger partial charge < -0.3 is 4.74 Å². The Balaban J connectivity index is 2.16. The molecule has 0 N–H and O–H groups in total. The molecule has 18 heavy (non-hydrogen) atoms. The maximum absolute atomic E-state index is 12.8. The van der Waals surface area contributed by atoms with Crippen molar-refractivity contribution in [3.8, 4) is 11.6 Å². The molecule has 0 unspecified atom stereocenters. The molecule has 1 aromatic carbocycles. The van der Waals surface area contributed by atoms with Crippen LogP contribution in [0.2, 0.25) is 0 Å². The summed E-state index contributed by atoms with van der Waals surface area (Å²) in [5, 5.41) is 0. The average molecular weight is 256 g/mol. The Labute approximate surface area is 99.8 Å². The summed E-state index contributed by atoms with van der Waals surface area (Å²) in [7, 11) is 0. The fourth-order valence-electron chi connectivity index (χ4n) is 1.21. The van der Waals surface area contributed by atoms with Crippen LogP contribution in [-0.2, 0) is 6.18 Å². The van der Waals surface area contributed by atoms with E-state index in [4.69, 9.17) is 4.74 Å². The van der Waals surface area contributed by atoms with Gasteiger partial charge in [0.2, 0.25) is 5.88 Å². The van der Waals surface area contributed by atoms with E-state index in [1.54, 1.807) is 0 Å². The largest absolute Gasteiger partial charge is 0.439 e. The predicted octanol–water partition coefficient (Wildman–Crippen LogP) is 3.83. The molecule has 0 amide bonds. The molecule has 0 fully saturated rings. The van der Waals surface area contributed by atoms with Gasteiger partial charge in [-0.3, -0.25) is 0 Å². The van der Waals surface area contributed by atoms with Crippen molar-refractivity contribution in [2.45, 2.75) is 6.18 Å². The zero-order chi connectivity index (χ0) is 13.2. The normalized spacial score (nSPS) is 11.3. The molecule has 1 radical (unpaired) electrons. The third kappa shape index (κ3) is 2.97. The minimum atomic E-state index is -4.45. The van der Waals surface area contributed by atoms with Crippen molar-refractivity contribution in [2.24, 2.45) is 0 Å². The third-order valence-corrected chi connectivity index (χ3v) is 2.02. The van der Waals surface area contributed by atoms with E-state index in [2.05, 4.69) is 11.1 Å². The van der Waals surface area contributed by atoms with Gasteiger partial charge in [0.05, 0.1) is 5.56 Å². The van der Waals surface area contributed by atoms with Gasteiger partial charge in [0.15, 0.2) is 0 Å². The van der Waals surface area contributed by atoms with Crippen LogP contribution in [0.25, 0.3) is 0 Å². The molecule has 1 heterocycles. The number of alkyl halides is 3. The number of pyridine rings is 1. The average Bonchev–Trinajstić information content (AvgIpc) is 2.28. The second-order valence-electron chi connectivity index (χ2n) is 3.36. The molecule has 0 aliphatic carbocycles. The van der Waals surface area contributed by atoms with Gasteiger partial charge in [-0.2, -0.15) is 13.2 Å². The van der Waals surface area contributed by atoms with Crippen molar-refractivity contribution in [1.82, 2.24) is 4.98 Å². The second kappa shape index (κ2) is 4.64. The van der Waals surface area contributed by atoms with Crippen molar-refractivity contribution < 1.29 is 22.3 Å². The highest BCUT2D eigenvalue weighted by atomic mass is 19.4. The van der Waals surface area contributed by atoms with E-state index in [1.165, 1.54) is 12.1 Å². The molecule has 2 rings (SSSR count). The first-order valence-electron chi connectivity index (χ1n) is 4.83. The van der Waals surface area contributed by atoms with Crippen molar-refractivity contribution in [1.29, 1.82) is 0 Å². The van der Waals surface area contributed by atoms with Crippen LogP contribution in [0.3, 0.4) is 0 Å². The van der Waals surface area contributed by atoms with Crippen LogP contribution in [0.1, 0.15) is 5.56 Å². The van der Waals surface area contributed by atoms with Crippen LogP contribution >= 0.6 is 0 Å². The van der Waals surface area contributed by atoms with E-state index in [1.807, 2.05) is 0 Å². The Kier molecular flexibility index (Phi) is 3.18. The fourth-order valence-corrected chi connectivity index (χ4v) is 1.21. The number of nitrogens with zero attached hydrogens (tertiary/aromatic N) is 1. The Bertz CT molecular complexity index is 537. The molecule has 0 atom stereocenters. The highest BCUT2D eigenvalue weighted by Crippen LogP contribution is 2.30. The number of hydrogen-bond donors (Lipinski definition) is 0. The maximum atomic E-state index is 12.8. The number of halogens is 4. The maximum Gasteiger partial charge on any atom is 0.417 e. The Hall–Kier alpha value is -2.11. The molecule has 0 saturated heterocycles. The number of aromatic nitrogens is 1. The van der Waals surface area contributed by atoms with Crippen molar-refractivity contribution in [3.05, 3.63) is 54.0 Å². The summed E-state index contributed by atoms with van der Waals surface area (Å²) in [6.07, 6.45) is -3.79. The fraction of sp³-hybridized carbons (Fsp3) is 0.0833. The first kappa shape index (κ1) is 12.3. The second-order valence-corrected chi connectivity index (χ2v) is 3.36. The summed E-state index contributed by atoms with van der Waals surface area (Å²) < 4.78 is 54.7. The summed E-state index contributed by atoms with van der Waals surface area (Å²) in [5.74, 6) is -0.536. The summed E-state index contributed by atoms with van der Waals surface area (Å²) in [4.78, 5) is 3.50. The molecule has 0 bridgehead atoms. The molecular weight excluding hydrogens is 250 g/mol. The lowest BCUT2D eigenvalue weighted by molar-refractivity contribution is -0.137. The zero-order valence-electron chi connectivity index (χ0n) is 8.83. The summed E-state index contributed by atoms with van der Waals surface area (Å²) in [6.45, 7) is 0. The molecule has 93 valence electrons. The van der Waals surface area contributed by atoms with Crippen LogP contribution < -0.4 is 4.74 Å². The van der Waals surface area contributed by atoms with E-state index < -0.39 is 17.6 Å². The summed E-state index contributed by atoms with van der Waals surface area (Å²) >= 11 is 0. The standard InChI is InChI=1S/C12H6F4NO/c13-9-2-1-3-10(6-9)18-11-5-4-8(7-17-11)12(14,15)16/h1,3-7H. The van der Waals surface area contributed by atoms with Gasteiger partial charge in [-0.25, -0.2) is 9.37 Å². The number of benzene rings is 1. The Morgan fingerprint density at radius 2 is 1.94 bits per heavy atom. The van der Waals surface area contributed by atoms with Crippen LogP contribution in [0.5, 0.6) is 11.6 Å². The molecule has 2 nitrogen and oxygen atoms in total. The van der Waals surface area contributed by atoms with Crippen molar-refractivity contribution in [3.63, 3.8) is 0 Å². The lowest BCUT2D eigenvalue weighted by atomic mass is 10.3. The van der Waals surface area contributed by atoms with Gasteiger partial charge in [0, 0.05) is 24.4 Å². The number of rotatable bonds is 2. The monoisotopic (exact) mass is 256 g/mol. The quantitative estimate of drug-likeness (QED) is 0.762. The van der Waals surface area contributed by atoms with Crippen LogP contribution in [-0.4, -0.2) is 4.98 Å². The van der Waals surface area contributed by atoms with Gasteiger partial charge in [-0.1, -0.05) is 0 Å². The Morgan fingerprint density at radius 1 is 1.17 bits per heavy atom. The number of hydrogen-bond acceptors (Lipinski definition) is 2. The van der Waals surface area contributed by atoms with Gasteiger partial charge in [-0.15, -0.1) is 0 Å². The molecular formula is C12H6F4NO. The molecule has 0 spiro atoms. The third-order valence-electron chi connectivity index (χ3n) is 2.02. The first-order chi connectivity index (χ1) is 8.45. The van der Waals surface area contributed by atoms with E-state index in [9.17, 15) is 17.6 Å². The highest BCUT2D eigenvalue weighted by Gasteiger charge is 2.30. The van der Waals surface area contributed by atoms with E-state index >= 15 is 0 Å². The van der Waals surface area contributed by atoms with Gasteiger partial charge >= 0.3 is 6.18 Å². The number of ether oxygens (including phenoxy) is 1. The van der Waals surface area contributed by atoms with Gasteiger partial charge in [-0.05, 0) is 18.2 Å². The van der Waals surface area contributed by atoms with Crippen LogP contribution in [0.4, 0.5) is 17.6 Å². The molecule has 2 aromatic rings. The van der Waals surface area contributed by atoms with E-state index in [0.29, 0.717) is 6.20 Å². The Morgan fingerprint density at radius 3 is 2.50 bits per heavy atom. The zero-order valence-corrected chi connectivity index (χ0v) is 8.83. The minimum absolute atomic E-state index is 0.0476. The highest BCUT2D eigenvalue weighted by molar-refractivity contribution is 5.28. The predicted molar refractivity (Wildman–Crippen MR) is 54.5 cm³/mol. The van der Waals surface area contributed by atoms with Crippen molar-refractivity contribution in [2.75, 3.05) is 0 Å². The van der Waals surface area contributed by atoms with Crippen LogP contribution in [0, 0.1) is 11.9 Å². The van der Waals surface area contributed by atoms with Crippen molar-refractivity contribution >= 4 is 0 Å². The van der Waals surface area contributed by atoms with Crippen LogP contribution in [0.15, 0.2) is 36.5 Å². The molecule has 0 aliphatic heterocycles. The topological polar surface area (TPSA) is 22.1 Å². The van der Waals surface area contributed by atoms with E-state index in [-0.39, 0.29) is 11.6 Å². The molecule has 1 aromatic heterocycles. The summed E-state index contributed by atoms with van der Waals surface area (Å²) in [5.41, 5.74) is -0.873. The minimum Gasteiger partial charge on any atom is -0.439 e. The van der Waals surface area contributed by atoms with Gasteiger partial charge in [0.25, 0.3) is 0 Å². The lowest BCUT2D eigenvalue weighted by Crippen LogP contribution is -2.05. The summed E-state index contributed by atoms with van der Waals surface area (Å²) in [6, 6.07) is 7.95. The smallest absolute Gasteiger partial charge is 0.417 e. The molecule has 0 saturated carbocycles. The van der Waals surface area contributed by atoms with E-state index in [0.717, 1.165) is 18.2 Å². The molecule has 6 heteroatoms. The lowest BCUT2D eigenvalue weighted by Gasteiger charge is -2.07.